The van der Waals surface area contributed by atoms with Gasteiger partial charge in [-0.05, 0) is 35.7 Å². The normalized spacial score (nSPS) is 17.1. The topological polar surface area (TPSA) is 148 Å². The Balaban J connectivity index is 1.69. The molecule has 0 radical (unpaired) electrons. The number of fused-ring (bicyclic) bond motifs is 1. The fraction of sp³-hybridized carbons (Fsp3) is 0.292. The number of methoxy groups -OCH3 is 1. The van der Waals surface area contributed by atoms with E-state index in [1.54, 1.807) is 18.2 Å². The Morgan fingerprint density at radius 3 is 2.61 bits per heavy atom. The number of sulfone groups is 1. The molecule has 38 heavy (non-hydrogen) atoms. The number of anilines is 3. The summed E-state index contributed by atoms with van der Waals surface area (Å²) < 4.78 is 70.5. The van der Waals surface area contributed by atoms with Crippen LogP contribution in [0.15, 0.2) is 48.7 Å². The van der Waals surface area contributed by atoms with Gasteiger partial charge in [0.25, 0.3) is 0 Å². The van der Waals surface area contributed by atoms with E-state index in [0.717, 1.165) is 17.4 Å². The van der Waals surface area contributed by atoms with Crippen molar-refractivity contribution in [2.24, 2.45) is 5.73 Å². The van der Waals surface area contributed by atoms with Gasteiger partial charge in [0.1, 0.15) is 17.1 Å². The number of aromatic nitrogens is 2. The number of alkyl halides is 3. The number of hydrogen-bond acceptors (Lipinski definition) is 9. The third kappa shape index (κ3) is 6.14. The molecule has 14 heteroatoms. The zero-order valence-electron chi connectivity index (χ0n) is 20.3. The highest BCUT2D eigenvalue weighted by molar-refractivity contribution is 7.90. The Bertz CT molecular complexity index is 1470. The number of carbonyl (C=O) groups is 1. The maximum atomic E-state index is 13.9. The largest absolute Gasteiger partial charge is 0.495 e. The smallest absolute Gasteiger partial charge is 0.421 e. The first kappa shape index (κ1) is 27.1. The molecule has 0 fully saturated rings. The van der Waals surface area contributed by atoms with Crippen molar-refractivity contribution in [1.82, 2.24) is 15.3 Å². The SMILES string of the molecule is COc1ccc(C(N)=O)cc1Nc1ncc(C(F)(F)F)c(N[C@@H]2Cc3ccccc3[C@H]2NCS(C)(=O)=O)n1. The lowest BCUT2D eigenvalue weighted by Crippen LogP contribution is -2.37. The van der Waals surface area contributed by atoms with E-state index >= 15 is 0 Å². The molecule has 0 aliphatic heterocycles. The summed E-state index contributed by atoms with van der Waals surface area (Å²) in [4.78, 5) is 19.5. The lowest BCUT2D eigenvalue weighted by Gasteiger charge is -2.25. The van der Waals surface area contributed by atoms with Crippen LogP contribution in [0.2, 0.25) is 0 Å². The molecule has 202 valence electrons. The molecule has 1 aliphatic carbocycles. The number of amides is 1. The number of nitrogens with one attached hydrogen (secondary N) is 3. The predicted octanol–water partition coefficient (Wildman–Crippen LogP) is 3.02. The minimum Gasteiger partial charge on any atom is -0.495 e. The first-order valence-electron chi connectivity index (χ1n) is 11.3. The van der Waals surface area contributed by atoms with Crippen LogP contribution in [0.5, 0.6) is 5.75 Å². The van der Waals surface area contributed by atoms with Crippen LogP contribution in [0.25, 0.3) is 0 Å². The van der Waals surface area contributed by atoms with Gasteiger partial charge >= 0.3 is 6.18 Å². The molecule has 0 unspecified atom stereocenters. The van der Waals surface area contributed by atoms with E-state index in [9.17, 15) is 26.4 Å². The molecule has 0 bridgehead atoms. The van der Waals surface area contributed by atoms with Crippen LogP contribution in [0.3, 0.4) is 0 Å². The first-order chi connectivity index (χ1) is 17.9. The Morgan fingerprint density at radius 2 is 1.95 bits per heavy atom. The van der Waals surface area contributed by atoms with Crippen molar-refractivity contribution in [2.45, 2.75) is 24.7 Å². The van der Waals surface area contributed by atoms with Gasteiger partial charge in [0.2, 0.25) is 11.9 Å². The van der Waals surface area contributed by atoms with Crippen molar-refractivity contribution < 1.29 is 31.1 Å². The van der Waals surface area contributed by atoms with Crippen molar-refractivity contribution in [3.63, 3.8) is 0 Å². The summed E-state index contributed by atoms with van der Waals surface area (Å²) in [6, 6.07) is 10.2. The molecule has 5 N–H and O–H groups in total. The number of ether oxygens (including phenoxy) is 1. The fourth-order valence-corrected chi connectivity index (χ4v) is 4.72. The van der Waals surface area contributed by atoms with Crippen LogP contribution < -0.4 is 26.4 Å². The van der Waals surface area contributed by atoms with E-state index in [1.165, 1.54) is 25.3 Å². The average molecular weight is 551 g/mol. The number of nitrogens with zero attached hydrogens (tertiary/aromatic N) is 2. The van der Waals surface area contributed by atoms with Gasteiger partial charge in [-0.1, -0.05) is 24.3 Å². The second-order valence-electron chi connectivity index (χ2n) is 8.76. The summed E-state index contributed by atoms with van der Waals surface area (Å²) in [5, 5.41) is 8.58. The second-order valence-corrected chi connectivity index (χ2v) is 10.9. The highest BCUT2D eigenvalue weighted by atomic mass is 32.2. The number of nitrogens with two attached hydrogens (primary N) is 1. The summed E-state index contributed by atoms with van der Waals surface area (Å²) in [5.74, 6) is -1.48. The number of benzene rings is 2. The highest BCUT2D eigenvalue weighted by Gasteiger charge is 2.38. The third-order valence-electron chi connectivity index (χ3n) is 5.94. The van der Waals surface area contributed by atoms with Crippen molar-refractivity contribution in [3.05, 3.63) is 70.9 Å². The summed E-state index contributed by atoms with van der Waals surface area (Å²) >= 11 is 0. The maximum absolute atomic E-state index is 13.9. The van der Waals surface area contributed by atoms with E-state index in [0.29, 0.717) is 12.6 Å². The van der Waals surface area contributed by atoms with Crippen molar-refractivity contribution in [1.29, 1.82) is 0 Å². The molecular formula is C24H25F3N6O4S. The van der Waals surface area contributed by atoms with Gasteiger partial charge in [-0.2, -0.15) is 18.2 Å². The minimum absolute atomic E-state index is 0.141. The van der Waals surface area contributed by atoms with Gasteiger partial charge in [0.05, 0.1) is 30.8 Å². The Hall–Kier alpha value is -3.91. The van der Waals surface area contributed by atoms with Crippen LogP contribution in [0, 0.1) is 0 Å². The van der Waals surface area contributed by atoms with Gasteiger partial charge in [0.15, 0.2) is 9.84 Å². The van der Waals surface area contributed by atoms with Crippen LogP contribution in [0.1, 0.15) is 33.1 Å². The van der Waals surface area contributed by atoms with Crippen LogP contribution >= 0.6 is 0 Å². The molecule has 1 heterocycles. The Labute approximate surface area is 216 Å². The monoisotopic (exact) mass is 550 g/mol. The van der Waals surface area contributed by atoms with Crippen molar-refractivity contribution in [3.8, 4) is 5.75 Å². The molecule has 1 aliphatic rings. The maximum Gasteiger partial charge on any atom is 0.421 e. The van der Waals surface area contributed by atoms with E-state index in [1.807, 2.05) is 6.07 Å². The third-order valence-corrected chi connectivity index (χ3v) is 6.64. The zero-order chi connectivity index (χ0) is 27.7. The van der Waals surface area contributed by atoms with Crippen molar-refractivity contribution >= 4 is 33.2 Å². The van der Waals surface area contributed by atoms with Crippen LogP contribution in [-0.4, -0.2) is 49.6 Å². The number of hydrogen-bond donors (Lipinski definition) is 4. The zero-order valence-corrected chi connectivity index (χ0v) is 21.2. The van der Waals surface area contributed by atoms with E-state index < -0.39 is 45.4 Å². The fourth-order valence-electron chi connectivity index (χ4n) is 4.24. The van der Waals surface area contributed by atoms with Crippen LogP contribution in [0.4, 0.5) is 30.6 Å². The highest BCUT2D eigenvalue weighted by Crippen LogP contribution is 2.38. The quantitative estimate of drug-likeness (QED) is 0.315. The van der Waals surface area contributed by atoms with Gasteiger partial charge in [-0.25, -0.2) is 13.4 Å². The molecule has 0 spiro atoms. The lowest BCUT2D eigenvalue weighted by atomic mass is 10.1. The summed E-state index contributed by atoms with van der Waals surface area (Å²) in [5.41, 5.74) is 6.24. The molecular weight excluding hydrogens is 525 g/mol. The first-order valence-corrected chi connectivity index (χ1v) is 13.4. The van der Waals surface area contributed by atoms with E-state index in [2.05, 4.69) is 25.9 Å². The molecule has 1 amide bonds. The Kier molecular flexibility index (Phi) is 7.47. The number of halogens is 3. The van der Waals surface area contributed by atoms with Gasteiger partial charge < -0.3 is 21.1 Å². The molecule has 1 aromatic heterocycles. The molecule has 2 aromatic carbocycles. The molecule has 10 nitrogen and oxygen atoms in total. The van der Waals surface area contributed by atoms with Crippen LogP contribution in [-0.2, 0) is 22.4 Å². The summed E-state index contributed by atoms with van der Waals surface area (Å²) in [6.45, 7) is 0. The van der Waals surface area contributed by atoms with E-state index in [4.69, 9.17) is 10.5 Å². The molecule has 2 atom stereocenters. The lowest BCUT2D eigenvalue weighted by molar-refractivity contribution is -0.137. The number of primary amides is 1. The summed E-state index contributed by atoms with van der Waals surface area (Å²) in [6.07, 6.45) is -2.74. The molecule has 0 saturated carbocycles. The number of carbonyl (C=O) groups excluding carboxylic acids is 1. The average Bonchev–Trinajstić information content (AvgIpc) is 3.18. The standard InChI is InChI=1S/C24H25F3N6O4S/c1-37-19-8-7-14(21(28)34)10-17(19)32-23-29-11-16(24(25,26)27)22(33-23)31-18-9-13-5-3-4-6-15(13)20(18)30-12-38(2,35)36/h3-8,10-11,18,20,30H,9,12H2,1-2H3,(H2,28,34)(H2,29,31,32,33)/t18-,20-/m1/s1. The molecule has 3 aromatic rings. The Morgan fingerprint density at radius 1 is 1.21 bits per heavy atom. The van der Waals surface area contributed by atoms with Gasteiger partial charge in [-0.3, -0.25) is 10.1 Å². The van der Waals surface area contributed by atoms with Crippen molar-refractivity contribution in [2.75, 3.05) is 29.9 Å². The number of rotatable bonds is 9. The predicted molar refractivity (Wildman–Crippen MR) is 135 cm³/mol. The minimum atomic E-state index is -4.77. The summed E-state index contributed by atoms with van der Waals surface area (Å²) in [7, 11) is -2.02. The van der Waals surface area contributed by atoms with Gasteiger partial charge in [-0.15, -0.1) is 0 Å². The molecule has 0 saturated heterocycles. The van der Waals surface area contributed by atoms with Gasteiger partial charge in [0, 0.05) is 18.0 Å². The van der Waals surface area contributed by atoms with E-state index in [-0.39, 0.29) is 28.8 Å². The second kappa shape index (κ2) is 10.5. The molecule has 4 rings (SSSR count).